The number of aromatic amines is 1. The van der Waals surface area contributed by atoms with Crippen LogP contribution < -0.4 is 4.74 Å². The van der Waals surface area contributed by atoms with Gasteiger partial charge in [-0.1, -0.05) is 39.8 Å². The van der Waals surface area contributed by atoms with E-state index in [4.69, 9.17) is 19.2 Å². The van der Waals surface area contributed by atoms with Crippen LogP contribution in [0.15, 0.2) is 35.7 Å². The van der Waals surface area contributed by atoms with Crippen LogP contribution in [-0.4, -0.2) is 42.2 Å². The molecular formula is C30H34N2O5S. The monoisotopic (exact) mass is 534 g/mol. The van der Waals surface area contributed by atoms with Gasteiger partial charge in [-0.3, -0.25) is 4.98 Å². The van der Waals surface area contributed by atoms with Gasteiger partial charge in [-0.05, 0) is 54.8 Å². The van der Waals surface area contributed by atoms with Crippen LogP contribution in [-0.2, 0) is 9.47 Å². The topological polar surface area (TPSA) is 90.5 Å². The summed E-state index contributed by atoms with van der Waals surface area (Å²) in [7, 11) is 1.66. The van der Waals surface area contributed by atoms with Gasteiger partial charge in [0.25, 0.3) is 0 Å². The van der Waals surface area contributed by atoms with Crippen molar-refractivity contribution in [2.45, 2.75) is 53.4 Å². The summed E-state index contributed by atoms with van der Waals surface area (Å²) in [6.07, 6.45) is 0. The zero-order valence-electron chi connectivity index (χ0n) is 22.9. The molecule has 8 heteroatoms. The highest BCUT2D eigenvalue weighted by Gasteiger charge is 2.32. The molecule has 0 amide bonds. The van der Waals surface area contributed by atoms with Gasteiger partial charge in [0.2, 0.25) is 0 Å². The fourth-order valence-corrected chi connectivity index (χ4v) is 5.48. The van der Waals surface area contributed by atoms with Crippen LogP contribution >= 0.6 is 11.3 Å². The molecule has 0 radical (unpaired) electrons. The molecule has 0 atom stereocenters. The first-order chi connectivity index (χ1) is 18.2. The van der Waals surface area contributed by atoms with Gasteiger partial charge in [0, 0.05) is 22.2 Å². The van der Waals surface area contributed by atoms with Crippen molar-refractivity contribution in [1.29, 1.82) is 0 Å². The Labute approximate surface area is 227 Å². The predicted octanol–water partition coefficient (Wildman–Crippen LogP) is 7.57. The lowest BCUT2D eigenvalue weighted by Crippen LogP contribution is -2.21. The van der Waals surface area contributed by atoms with Gasteiger partial charge in [-0.15, -0.1) is 11.3 Å². The number of hydrogen-bond donors (Lipinski definition) is 1. The number of carbonyl (C=O) groups is 2. The Hall–Kier alpha value is -3.65. The quantitative estimate of drug-likeness (QED) is 0.223. The number of rotatable bonds is 9. The molecule has 1 N–H and O–H groups in total. The Morgan fingerprint density at radius 2 is 1.53 bits per heavy atom. The van der Waals surface area contributed by atoms with Crippen molar-refractivity contribution in [2.75, 3.05) is 20.3 Å². The summed E-state index contributed by atoms with van der Waals surface area (Å²) in [6.45, 7) is 11.9. The Morgan fingerprint density at radius 1 is 0.921 bits per heavy atom. The second-order valence-electron chi connectivity index (χ2n) is 9.56. The molecular weight excluding hydrogens is 500 g/mol. The number of H-pyrrole nitrogens is 1. The maximum atomic E-state index is 13.4. The van der Waals surface area contributed by atoms with Crippen LogP contribution in [0.4, 0.5) is 0 Å². The lowest BCUT2D eigenvalue weighted by Gasteiger charge is -2.22. The fourth-order valence-electron chi connectivity index (χ4n) is 4.62. The molecule has 3 aromatic heterocycles. The summed E-state index contributed by atoms with van der Waals surface area (Å²) >= 11 is 1.60. The Bertz CT molecular complexity index is 1430. The number of pyridine rings is 1. The first kappa shape index (κ1) is 27.4. The number of carbonyl (C=O) groups excluding carboxylic acids is 2. The van der Waals surface area contributed by atoms with Crippen molar-refractivity contribution < 1.29 is 23.8 Å². The number of nitrogens with zero attached hydrogens (tertiary/aromatic N) is 1. The van der Waals surface area contributed by atoms with Crippen molar-refractivity contribution in [3.63, 3.8) is 0 Å². The van der Waals surface area contributed by atoms with Gasteiger partial charge in [-0.25, -0.2) is 9.59 Å². The van der Waals surface area contributed by atoms with Crippen molar-refractivity contribution in [1.82, 2.24) is 9.97 Å². The predicted molar refractivity (Wildman–Crippen MR) is 151 cm³/mol. The number of nitrogens with one attached hydrogen (secondary N) is 1. The Kier molecular flexibility index (Phi) is 8.21. The van der Waals surface area contributed by atoms with Crippen molar-refractivity contribution in [3.05, 3.63) is 58.2 Å². The van der Waals surface area contributed by atoms with Gasteiger partial charge in [0.1, 0.15) is 5.75 Å². The Morgan fingerprint density at radius 3 is 2.05 bits per heavy atom. The second-order valence-corrected chi connectivity index (χ2v) is 10.5. The Balaban J connectivity index is 2.05. The fraction of sp³-hybridized carbons (Fsp3) is 0.367. The van der Waals surface area contributed by atoms with E-state index in [1.165, 1.54) is 0 Å². The van der Waals surface area contributed by atoms with Gasteiger partial charge >= 0.3 is 11.9 Å². The molecule has 1 aromatic carbocycles. The van der Waals surface area contributed by atoms with E-state index in [1.807, 2.05) is 57.3 Å². The van der Waals surface area contributed by atoms with Gasteiger partial charge < -0.3 is 19.2 Å². The zero-order chi connectivity index (χ0) is 27.6. The summed E-state index contributed by atoms with van der Waals surface area (Å²) < 4.78 is 16.5. The molecule has 0 aliphatic carbocycles. The molecule has 0 saturated carbocycles. The SMILES string of the molecule is CCOC(=O)c1c(C(C)C)nc(C(C)C)c(C(=O)OCC)c1-c1cc2ccc(-c3sccc3OC)cc2[nH]1. The first-order valence-corrected chi connectivity index (χ1v) is 13.8. The molecule has 0 spiro atoms. The minimum Gasteiger partial charge on any atom is -0.495 e. The van der Waals surface area contributed by atoms with E-state index in [2.05, 4.69) is 11.1 Å². The van der Waals surface area contributed by atoms with Gasteiger partial charge in [-0.2, -0.15) is 0 Å². The van der Waals surface area contributed by atoms with Crippen molar-refractivity contribution in [2.24, 2.45) is 0 Å². The van der Waals surface area contributed by atoms with Crippen LogP contribution in [0.2, 0.25) is 0 Å². The minimum absolute atomic E-state index is 0.0795. The van der Waals surface area contributed by atoms with E-state index in [0.717, 1.165) is 27.1 Å². The number of ether oxygens (including phenoxy) is 3. The largest absolute Gasteiger partial charge is 0.495 e. The molecule has 0 bridgehead atoms. The van der Waals surface area contributed by atoms with E-state index in [-0.39, 0.29) is 25.0 Å². The molecule has 7 nitrogen and oxygen atoms in total. The smallest absolute Gasteiger partial charge is 0.340 e. The molecule has 0 aliphatic heterocycles. The lowest BCUT2D eigenvalue weighted by atomic mass is 9.89. The summed E-state index contributed by atoms with van der Waals surface area (Å²) in [5.74, 6) is -0.370. The molecule has 3 heterocycles. The zero-order valence-corrected chi connectivity index (χ0v) is 23.7. The third-order valence-electron chi connectivity index (χ3n) is 6.31. The van der Waals surface area contributed by atoms with E-state index in [9.17, 15) is 9.59 Å². The highest BCUT2D eigenvalue weighted by Crippen LogP contribution is 2.40. The van der Waals surface area contributed by atoms with E-state index < -0.39 is 11.9 Å². The average molecular weight is 535 g/mol. The van der Waals surface area contributed by atoms with Gasteiger partial charge in [0.15, 0.2) is 0 Å². The number of methoxy groups -OCH3 is 1. The molecule has 4 rings (SSSR count). The molecule has 0 unspecified atom stereocenters. The standard InChI is InChI=1S/C30H34N2O5S/c1-8-36-29(33)24-23(25(30(34)37-9-2)27(17(5)6)32-26(24)16(3)4)21-14-18-10-11-19(15-20(18)31-21)28-22(35-7)12-13-38-28/h10-17,31H,8-9H2,1-7H3. The summed E-state index contributed by atoms with van der Waals surface area (Å²) in [5, 5.41) is 2.94. The van der Waals surface area contributed by atoms with Gasteiger partial charge in [0.05, 0.1) is 47.7 Å². The third kappa shape index (κ3) is 5.05. The molecule has 0 saturated heterocycles. The van der Waals surface area contributed by atoms with Crippen LogP contribution in [0.5, 0.6) is 5.75 Å². The molecule has 0 aliphatic rings. The summed E-state index contributed by atoms with van der Waals surface area (Å²) in [5.41, 5.74) is 4.75. The highest BCUT2D eigenvalue weighted by atomic mass is 32.1. The highest BCUT2D eigenvalue weighted by molar-refractivity contribution is 7.14. The maximum Gasteiger partial charge on any atom is 0.340 e. The first-order valence-electron chi connectivity index (χ1n) is 12.9. The third-order valence-corrected chi connectivity index (χ3v) is 7.25. The van der Waals surface area contributed by atoms with Crippen LogP contribution in [0, 0.1) is 0 Å². The van der Waals surface area contributed by atoms with Crippen molar-refractivity contribution >= 4 is 34.2 Å². The number of thiophene rings is 1. The molecule has 38 heavy (non-hydrogen) atoms. The maximum absolute atomic E-state index is 13.4. The van der Waals surface area contributed by atoms with Crippen molar-refractivity contribution in [3.8, 4) is 27.4 Å². The number of hydrogen-bond acceptors (Lipinski definition) is 7. The normalized spacial score (nSPS) is 11.4. The van der Waals surface area contributed by atoms with Crippen LogP contribution in [0.1, 0.15) is 85.5 Å². The van der Waals surface area contributed by atoms with Crippen LogP contribution in [0.25, 0.3) is 32.6 Å². The number of benzene rings is 1. The van der Waals surface area contributed by atoms with E-state index in [0.29, 0.717) is 33.8 Å². The number of fused-ring (bicyclic) bond motifs is 1. The number of aromatic nitrogens is 2. The molecule has 4 aromatic rings. The van der Waals surface area contributed by atoms with Crippen LogP contribution in [0.3, 0.4) is 0 Å². The minimum atomic E-state index is -0.512. The molecule has 0 fully saturated rings. The van der Waals surface area contributed by atoms with E-state index in [1.54, 1.807) is 32.3 Å². The average Bonchev–Trinajstić information content (AvgIpc) is 3.53. The summed E-state index contributed by atoms with van der Waals surface area (Å²) in [6, 6.07) is 10.0. The summed E-state index contributed by atoms with van der Waals surface area (Å²) in [4.78, 5) is 36.2. The second kappa shape index (κ2) is 11.4. The molecule has 200 valence electrons. The number of esters is 2. The lowest BCUT2D eigenvalue weighted by molar-refractivity contribution is 0.0523. The van der Waals surface area contributed by atoms with E-state index >= 15 is 0 Å².